The second kappa shape index (κ2) is 10.8. The van der Waals surface area contributed by atoms with Gasteiger partial charge in [-0.3, -0.25) is 9.20 Å². The van der Waals surface area contributed by atoms with Crippen molar-refractivity contribution in [2.45, 2.75) is 46.1 Å². The largest absolute Gasteiger partial charge is 0.457 e. The van der Waals surface area contributed by atoms with Crippen molar-refractivity contribution in [1.82, 2.24) is 19.3 Å². The number of carbonyl (C=O) groups excluding carboxylic acids is 1. The summed E-state index contributed by atoms with van der Waals surface area (Å²) < 4.78 is 23.1. The lowest BCUT2D eigenvalue weighted by molar-refractivity contribution is -0.127. The number of hydrogen-bond acceptors (Lipinski definition) is 6. The van der Waals surface area contributed by atoms with Crippen molar-refractivity contribution >= 4 is 17.2 Å². The lowest BCUT2D eigenvalue weighted by Gasteiger charge is -2.25. The van der Waals surface area contributed by atoms with Gasteiger partial charge >= 0.3 is 0 Å². The Labute approximate surface area is 232 Å². The molecule has 1 saturated heterocycles. The number of nitriles is 1. The van der Waals surface area contributed by atoms with Crippen LogP contribution in [0.5, 0.6) is 11.5 Å². The molecule has 2 aromatic heterocycles. The van der Waals surface area contributed by atoms with Gasteiger partial charge < -0.3 is 15.4 Å². The molecule has 204 valence electrons. The number of para-hydroxylation sites is 1. The number of nitrogens with two attached hydrogens (primary N) is 1. The number of aromatic nitrogens is 3. The predicted octanol–water partition coefficient (Wildman–Crippen LogP) is 5.94. The highest BCUT2D eigenvalue weighted by Crippen LogP contribution is 2.34. The maximum Gasteiger partial charge on any atom is 0.264 e. The number of nitrogens with zero attached hydrogens (tertiary/aromatic N) is 5. The van der Waals surface area contributed by atoms with E-state index in [0.717, 1.165) is 12.8 Å². The van der Waals surface area contributed by atoms with Crippen molar-refractivity contribution in [3.05, 3.63) is 84.2 Å². The minimum Gasteiger partial charge on any atom is -0.457 e. The predicted molar refractivity (Wildman–Crippen MR) is 151 cm³/mol. The molecule has 4 aromatic rings. The third-order valence-corrected chi connectivity index (χ3v) is 6.82. The first-order valence-electron chi connectivity index (χ1n) is 13.2. The highest BCUT2D eigenvalue weighted by molar-refractivity contribution is 5.97. The van der Waals surface area contributed by atoms with Gasteiger partial charge in [-0.15, -0.1) is 0 Å². The normalized spacial score (nSPS) is 15.8. The van der Waals surface area contributed by atoms with Crippen LogP contribution in [0.2, 0.25) is 0 Å². The van der Waals surface area contributed by atoms with E-state index in [9.17, 15) is 10.1 Å². The summed E-state index contributed by atoms with van der Waals surface area (Å²) >= 11 is 0. The van der Waals surface area contributed by atoms with Gasteiger partial charge in [0.1, 0.15) is 51.8 Å². The molecule has 1 fully saturated rings. The van der Waals surface area contributed by atoms with Crippen LogP contribution in [0.1, 0.15) is 39.4 Å². The van der Waals surface area contributed by atoms with E-state index in [4.69, 9.17) is 15.5 Å². The number of halogens is 1. The van der Waals surface area contributed by atoms with Crippen LogP contribution in [0.25, 0.3) is 16.8 Å². The van der Waals surface area contributed by atoms with E-state index in [1.165, 1.54) is 6.07 Å². The quantitative estimate of drug-likeness (QED) is 0.240. The van der Waals surface area contributed by atoms with Crippen LogP contribution in [-0.2, 0) is 11.2 Å². The van der Waals surface area contributed by atoms with Crippen molar-refractivity contribution in [3.63, 3.8) is 0 Å². The smallest absolute Gasteiger partial charge is 0.264 e. The molecule has 0 unspecified atom stereocenters. The number of allylic oxidation sites excluding steroid dienone is 1. The molecule has 8 nitrogen and oxygen atoms in total. The molecule has 1 amide bonds. The Hall–Kier alpha value is -4.71. The van der Waals surface area contributed by atoms with E-state index in [2.05, 4.69) is 11.1 Å². The maximum atomic E-state index is 15.5. The molecule has 0 bridgehead atoms. The third kappa shape index (κ3) is 5.52. The van der Waals surface area contributed by atoms with Crippen LogP contribution in [0.4, 0.5) is 10.2 Å². The van der Waals surface area contributed by atoms with Crippen LogP contribution >= 0.6 is 0 Å². The number of carbonyl (C=O) groups is 1. The maximum absolute atomic E-state index is 15.5. The molecule has 2 N–H and O–H groups in total. The number of likely N-dealkylation sites (tertiary alicyclic amines) is 1. The average Bonchev–Trinajstić information content (AvgIpc) is 3.53. The van der Waals surface area contributed by atoms with Crippen LogP contribution in [-0.4, -0.2) is 37.8 Å². The monoisotopic (exact) mass is 538 g/mol. The number of rotatable bonds is 6. The molecule has 0 spiro atoms. The molecule has 1 atom stereocenters. The summed E-state index contributed by atoms with van der Waals surface area (Å²) in [5.41, 5.74) is 7.23. The SMILES string of the molecule is CC(C)(C)C=C(C#N)C(=O)N1CCC[C@H]1Cc1nc(-c2ccc(Oc3ccccc3)cc2F)c2c(N)nccn12. The zero-order valence-electron chi connectivity index (χ0n) is 22.8. The molecule has 5 rings (SSSR count). The van der Waals surface area contributed by atoms with Crippen LogP contribution in [0.15, 0.2) is 72.6 Å². The van der Waals surface area contributed by atoms with Crippen LogP contribution in [0, 0.1) is 22.6 Å². The lowest BCUT2D eigenvalue weighted by atomic mass is 9.93. The van der Waals surface area contributed by atoms with Gasteiger partial charge in [-0.1, -0.05) is 45.0 Å². The van der Waals surface area contributed by atoms with Crippen molar-refractivity contribution in [1.29, 1.82) is 5.26 Å². The summed E-state index contributed by atoms with van der Waals surface area (Å²) in [6, 6.07) is 15.7. The molecule has 0 aliphatic carbocycles. The van der Waals surface area contributed by atoms with Gasteiger partial charge in [-0.05, 0) is 42.5 Å². The zero-order valence-corrected chi connectivity index (χ0v) is 22.8. The Morgan fingerprint density at radius 3 is 2.70 bits per heavy atom. The average molecular weight is 539 g/mol. The number of benzene rings is 2. The van der Waals surface area contributed by atoms with Crippen molar-refractivity contribution in [2.75, 3.05) is 12.3 Å². The minimum atomic E-state index is -0.508. The van der Waals surface area contributed by atoms with Gasteiger partial charge in [0.25, 0.3) is 5.91 Å². The van der Waals surface area contributed by atoms with E-state index in [1.54, 1.807) is 47.6 Å². The van der Waals surface area contributed by atoms with Gasteiger partial charge in [-0.25, -0.2) is 14.4 Å². The summed E-state index contributed by atoms with van der Waals surface area (Å²) in [5, 5.41) is 9.68. The summed E-state index contributed by atoms with van der Waals surface area (Å²) in [6.07, 6.45) is 7.04. The van der Waals surface area contributed by atoms with E-state index < -0.39 is 5.82 Å². The van der Waals surface area contributed by atoms with Crippen LogP contribution < -0.4 is 10.5 Å². The lowest BCUT2D eigenvalue weighted by Crippen LogP contribution is -2.38. The summed E-state index contributed by atoms with van der Waals surface area (Å²) in [6.45, 7) is 6.42. The molecule has 2 aromatic carbocycles. The van der Waals surface area contributed by atoms with Gasteiger partial charge in [0.2, 0.25) is 0 Å². The second-order valence-corrected chi connectivity index (χ2v) is 11.0. The zero-order chi connectivity index (χ0) is 28.4. The number of nitrogen functional groups attached to an aromatic ring is 1. The van der Waals surface area contributed by atoms with Gasteiger partial charge in [0.15, 0.2) is 0 Å². The fraction of sp³-hybridized carbons (Fsp3) is 0.290. The molecule has 3 heterocycles. The number of amides is 1. The van der Waals surface area contributed by atoms with Gasteiger partial charge in [0.05, 0.1) is 0 Å². The van der Waals surface area contributed by atoms with E-state index >= 15 is 4.39 Å². The summed E-state index contributed by atoms with van der Waals surface area (Å²) in [5.74, 6) is 1.03. The minimum absolute atomic E-state index is 0.140. The molecule has 9 heteroatoms. The molecule has 1 aliphatic rings. The van der Waals surface area contributed by atoms with Crippen LogP contribution in [0.3, 0.4) is 0 Å². The number of anilines is 1. The first kappa shape index (κ1) is 26.9. The molecular formula is C31H31FN6O2. The number of imidazole rings is 1. The van der Waals surface area contributed by atoms with E-state index in [-0.39, 0.29) is 34.3 Å². The Morgan fingerprint density at radius 1 is 1.23 bits per heavy atom. The fourth-order valence-electron chi connectivity index (χ4n) is 5.09. The summed E-state index contributed by atoms with van der Waals surface area (Å²) in [7, 11) is 0. The standard InChI is InChI=1S/C31H31FN6O2/c1-31(2,3)18-20(19-33)30(39)37-14-7-8-21(37)16-26-36-27(28-29(34)35-13-15-38(26)28)24-12-11-23(17-25(24)32)40-22-9-5-4-6-10-22/h4-6,9-13,15,17-18,21H,7-8,14,16H2,1-3H3,(H2,34,35)/t21-/m0/s1. The highest BCUT2D eigenvalue weighted by atomic mass is 19.1. The fourth-order valence-corrected chi connectivity index (χ4v) is 5.09. The number of fused-ring (bicyclic) bond motifs is 1. The Kier molecular flexibility index (Phi) is 7.26. The molecule has 0 radical (unpaired) electrons. The Balaban J connectivity index is 1.48. The van der Waals surface area contributed by atoms with Crippen molar-refractivity contribution in [2.24, 2.45) is 5.41 Å². The van der Waals surface area contributed by atoms with E-state index in [1.807, 2.05) is 43.4 Å². The Bertz CT molecular complexity index is 1630. The second-order valence-electron chi connectivity index (χ2n) is 11.0. The van der Waals surface area contributed by atoms with Gasteiger partial charge in [-0.2, -0.15) is 5.26 Å². The number of ether oxygens (including phenoxy) is 1. The molecule has 40 heavy (non-hydrogen) atoms. The number of hydrogen-bond donors (Lipinski definition) is 1. The summed E-state index contributed by atoms with van der Waals surface area (Å²) in [4.78, 5) is 24.1. The van der Waals surface area contributed by atoms with E-state index in [0.29, 0.717) is 41.5 Å². The third-order valence-electron chi connectivity index (χ3n) is 6.82. The van der Waals surface area contributed by atoms with Crippen molar-refractivity contribution in [3.8, 4) is 28.8 Å². The van der Waals surface area contributed by atoms with Gasteiger partial charge in [0, 0.05) is 43.0 Å². The highest BCUT2D eigenvalue weighted by Gasteiger charge is 2.33. The first-order chi connectivity index (χ1) is 19.1. The molecule has 1 aliphatic heterocycles. The first-order valence-corrected chi connectivity index (χ1v) is 13.2. The molecular weight excluding hydrogens is 507 g/mol. The molecule has 0 saturated carbocycles. The Morgan fingerprint density at radius 2 is 2.00 bits per heavy atom. The topological polar surface area (TPSA) is 110 Å². The van der Waals surface area contributed by atoms with Crippen molar-refractivity contribution < 1.29 is 13.9 Å².